The highest BCUT2D eigenvalue weighted by molar-refractivity contribution is 6.80. The van der Waals surface area contributed by atoms with Crippen LogP contribution in [0.5, 0.6) is 0 Å². The Morgan fingerprint density at radius 2 is 1.50 bits per heavy atom. The smallest absolute Gasteiger partial charge is 0.0538 e. The summed E-state index contributed by atoms with van der Waals surface area (Å²) in [6.45, 7) is 14.5. The third-order valence-corrected chi connectivity index (χ3v) is 11.9. The average molecular weight is 339 g/mol. The van der Waals surface area contributed by atoms with Crippen LogP contribution in [0.4, 0.5) is 0 Å². The predicted octanol–water partition coefficient (Wildman–Crippen LogP) is 4.39. The molecule has 0 saturated heterocycles. The molecule has 0 fully saturated rings. The lowest BCUT2D eigenvalue weighted by molar-refractivity contribution is 0.203. The van der Waals surface area contributed by atoms with Gasteiger partial charge in [0.05, 0.1) is 8.07 Å². The molecule has 0 aliphatic rings. The van der Waals surface area contributed by atoms with Gasteiger partial charge in [-0.1, -0.05) is 69.6 Å². The molecule has 1 aromatic carbocycles. The minimum absolute atomic E-state index is 0.0674. The first-order chi connectivity index (χ1) is 10.1. The van der Waals surface area contributed by atoms with Gasteiger partial charge in [-0.3, -0.25) is 0 Å². The van der Waals surface area contributed by atoms with Gasteiger partial charge in [0.25, 0.3) is 0 Å². The Morgan fingerprint density at radius 3 is 1.86 bits per heavy atom. The monoisotopic (exact) mass is 338 g/mol. The molecule has 2 atom stereocenters. The van der Waals surface area contributed by atoms with Gasteiger partial charge < -0.3 is 10.2 Å². The highest BCUT2D eigenvalue weighted by atomic mass is 28.3. The van der Waals surface area contributed by atoms with Gasteiger partial charge in [0, 0.05) is 21.3 Å². The highest BCUT2D eigenvalue weighted by Crippen LogP contribution is 2.49. The van der Waals surface area contributed by atoms with Crippen molar-refractivity contribution in [3.05, 3.63) is 35.9 Å². The van der Waals surface area contributed by atoms with E-state index in [-0.39, 0.29) is 18.3 Å². The second-order valence-corrected chi connectivity index (χ2v) is 19.9. The standard InChI is InChI=1S/C18H34O2Si2/c1-21(2,3)17(14-19)13-18(15-20,22(4,5)6)12-16-10-8-7-9-11-16/h7-11,17,19-20H,12-15H2,1-6H3/t17-,18-/m0/s1. The van der Waals surface area contributed by atoms with Crippen LogP contribution < -0.4 is 0 Å². The highest BCUT2D eigenvalue weighted by Gasteiger charge is 2.46. The molecule has 0 radical (unpaired) electrons. The normalized spacial score (nSPS) is 17.1. The van der Waals surface area contributed by atoms with Gasteiger partial charge in [-0.25, -0.2) is 0 Å². The molecule has 126 valence electrons. The summed E-state index contributed by atoms with van der Waals surface area (Å²) in [5.41, 5.74) is 1.64. The summed E-state index contributed by atoms with van der Waals surface area (Å²) in [6.07, 6.45) is 1.86. The van der Waals surface area contributed by atoms with Gasteiger partial charge in [-0.05, 0) is 29.0 Å². The zero-order valence-corrected chi connectivity index (χ0v) is 17.2. The maximum atomic E-state index is 10.4. The maximum Gasteiger partial charge on any atom is 0.0538 e. The van der Waals surface area contributed by atoms with E-state index >= 15 is 0 Å². The van der Waals surface area contributed by atoms with Crippen molar-refractivity contribution in [2.45, 2.75) is 62.7 Å². The number of hydrogen-bond acceptors (Lipinski definition) is 2. The number of aliphatic hydroxyl groups excluding tert-OH is 2. The van der Waals surface area contributed by atoms with Crippen LogP contribution >= 0.6 is 0 Å². The van der Waals surface area contributed by atoms with Crippen molar-refractivity contribution in [2.75, 3.05) is 13.2 Å². The van der Waals surface area contributed by atoms with Crippen LogP contribution in [0, 0.1) is 0 Å². The van der Waals surface area contributed by atoms with E-state index in [4.69, 9.17) is 0 Å². The molecule has 1 aromatic rings. The molecular weight excluding hydrogens is 304 g/mol. The van der Waals surface area contributed by atoms with Crippen molar-refractivity contribution in [1.29, 1.82) is 0 Å². The van der Waals surface area contributed by atoms with E-state index in [2.05, 4.69) is 63.5 Å². The van der Waals surface area contributed by atoms with Gasteiger partial charge in [0.2, 0.25) is 0 Å². The Hall–Kier alpha value is -0.426. The molecule has 0 aromatic heterocycles. The van der Waals surface area contributed by atoms with Crippen LogP contribution in [0.25, 0.3) is 0 Å². The maximum absolute atomic E-state index is 10.4. The Bertz CT molecular complexity index is 448. The molecular formula is C18H34O2Si2. The Kier molecular flexibility index (Phi) is 6.63. The SMILES string of the molecule is C[Si](C)(C)[C@H](CO)C[C@](CO)(Cc1ccccc1)[Si](C)(C)C. The minimum Gasteiger partial charge on any atom is -0.396 e. The van der Waals surface area contributed by atoms with Crippen LogP contribution in [0.1, 0.15) is 12.0 Å². The van der Waals surface area contributed by atoms with Crippen molar-refractivity contribution in [3.63, 3.8) is 0 Å². The Balaban J connectivity index is 3.17. The largest absolute Gasteiger partial charge is 0.396 e. The molecule has 4 heteroatoms. The van der Waals surface area contributed by atoms with Gasteiger partial charge >= 0.3 is 0 Å². The molecule has 1 rings (SSSR count). The van der Waals surface area contributed by atoms with Crippen molar-refractivity contribution in [3.8, 4) is 0 Å². The van der Waals surface area contributed by atoms with Crippen LogP contribution in [0.15, 0.2) is 30.3 Å². The van der Waals surface area contributed by atoms with Crippen molar-refractivity contribution in [2.24, 2.45) is 0 Å². The Labute approximate surface area is 138 Å². The first kappa shape index (κ1) is 19.6. The average Bonchev–Trinajstić information content (AvgIpc) is 2.41. The van der Waals surface area contributed by atoms with E-state index in [0.717, 1.165) is 12.8 Å². The number of hydrogen-bond donors (Lipinski definition) is 2. The molecule has 0 heterocycles. The molecule has 0 aliphatic carbocycles. The van der Waals surface area contributed by atoms with E-state index in [1.807, 2.05) is 6.07 Å². The topological polar surface area (TPSA) is 40.5 Å². The van der Waals surface area contributed by atoms with Crippen LogP contribution in [0.3, 0.4) is 0 Å². The van der Waals surface area contributed by atoms with E-state index < -0.39 is 16.1 Å². The predicted molar refractivity (Wildman–Crippen MR) is 102 cm³/mol. The van der Waals surface area contributed by atoms with Crippen LogP contribution in [-0.4, -0.2) is 39.6 Å². The molecule has 2 nitrogen and oxygen atoms in total. The fraction of sp³-hybridized carbons (Fsp3) is 0.667. The minimum atomic E-state index is -1.62. The summed E-state index contributed by atoms with van der Waals surface area (Å²) in [6, 6.07) is 10.5. The van der Waals surface area contributed by atoms with E-state index in [1.54, 1.807) is 0 Å². The second kappa shape index (κ2) is 7.43. The van der Waals surface area contributed by atoms with Gasteiger partial charge in [0.1, 0.15) is 0 Å². The zero-order valence-electron chi connectivity index (χ0n) is 15.2. The molecule has 0 bridgehead atoms. The van der Waals surface area contributed by atoms with Crippen molar-refractivity contribution >= 4 is 16.1 Å². The summed E-state index contributed by atoms with van der Waals surface area (Å²) in [5, 5.41) is 20.2. The van der Waals surface area contributed by atoms with Crippen molar-refractivity contribution in [1.82, 2.24) is 0 Å². The molecule has 0 aliphatic heterocycles. The number of aliphatic hydroxyl groups is 2. The fourth-order valence-corrected chi connectivity index (χ4v) is 6.93. The third-order valence-electron chi connectivity index (χ3n) is 5.36. The van der Waals surface area contributed by atoms with Gasteiger partial charge in [-0.15, -0.1) is 0 Å². The number of rotatable bonds is 8. The van der Waals surface area contributed by atoms with E-state index in [0.29, 0.717) is 5.54 Å². The first-order valence-electron chi connectivity index (χ1n) is 8.31. The lowest BCUT2D eigenvalue weighted by Crippen LogP contribution is -2.47. The molecule has 22 heavy (non-hydrogen) atoms. The molecule has 0 amide bonds. The van der Waals surface area contributed by atoms with E-state index in [9.17, 15) is 10.2 Å². The van der Waals surface area contributed by atoms with Crippen LogP contribution in [0.2, 0.25) is 49.9 Å². The summed E-state index contributed by atoms with van der Waals surface area (Å²) in [7, 11) is -3.06. The Morgan fingerprint density at radius 1 is 0.955 bits per heavy atom. The summed E-state index contributed by atoms with van der Waals surface area (Å²) in [5.74, 6) is 0. The third kappa shape index (κ3) is 4.78. The van der Waals surface area contributed by atoms with Gasteiger partial charge in [-0.2, -0.15) is 0 Å². The summed E-state index contributed by atoms with van der Waals surface area (Å²) < 4.78 is 0. The van der Waals surface area contributed by atoms with Crippen molar-refractivity contribution < 1.29 is 10.2 Å². The zero-order chi connectivity index (χ0) is 17.0. The fourth-order valence-electron chi connectivity index (χ4n) is 3.10. The number of benzene rings is 1. The molecule has 2 N–H and O–H groups in total. The van der Waals surface area contributed by atoms with Gasteiger partial charge in [0.15, 0.2) is 0 Å². The molecule has 0 spiro atoms. The first-order valence-corrected chi connectivity index (χ1v) is 15.4. The molecule has 0 unspecified atom stereocenters. The summed E-state index contributed by atoms with van der Waals surface area (Å²) >= 11 is 0. The van der Waals surface area contributed by atoms with Crippen LogP contribution in [-0.2, 0) is 6.42 Å². The quantitative estimate of drug-likeness (QED) is 0.690. The summed E-state index contributed by atoms with van der Waals surface area (Å²) in [4.78, 5) is 0. The lowest BCUT2D eigenvalue weighted by atomic mass is 9.94. The molecule has 0 saturated carbocycles. The lowest BCUT2D eigenvalue weighted by Gasteiger charge is -2.46. The van der Waals surface area contributed by atoms with E-state index in [1.165, 1.54) is 5.56 Å². The second-order valence-electron chi connectivity index (χ2n) is 8.80.